The van der Waals surface area contributed by atoms with Crippen LogP contribution in [0.2, 0.25) is 5.02 Å². The highest BCUT2D eigenvalue weighted by atomic mass is 35.5. The van der Waals surface area contributed by atoms with E-state index in [0.29, 0.717) is 23.7 Å². The average molecular weight is 360 g/mol. The summed E-state index contributed by atoms with van der Waals surface area (Å²) in [7, 11) is 4.01. The van der Waals surface area contributed by atoms with Crippen molar-refractivity contribution < 1.29 is 9.53 Å². The Balaban J connectivity index is 1.97. The lowest BCUT2D eigenvalue weighted by molar-refractivity contribution is -0.0684. The van der Waals surface area contributed by atoms with Gasteiger partial charge >= 0.3 is 0 Å². The molecule has 1 saturated heterocycles. The van der Waals surface area contributed by atoms with Crippen molar-refractivity contribution in [3.05, 3.63) is 64.9 Å². The molecule has 2 heterocycles. The van der Waals surface area contributed by atoms with Gasteiger partial charge in [0.25, 0.3) is 5.91 Å². The van der Waals surface area contributed by atoms with Gasteiger partial charge in [0.2, 0.25) is 0 Å². The predicted molar refractivity (Wildman–Crippen MR) is 97.8 cm³/mol. The van der Waals surface area contributed by atoms with Crippen LogP contribution in [0.15, 0.2) is 48.8 Å². The van der Waals surface area contributed by atoms with Gasteiger partial charge in [-0.25, -0.2) is 0 Å². The van der Waals surface area contributed by atoms with E-state index in [2.05, 4.69) is 9.88 Å². The number of amides is 1. The molecule has 0 aliphatic carbocycles. The SMILES string of the molecule is CN(C)C[C@@H]1OCCN(C(=O)c2ccncc2Cl)[C@H]1c1ccccc1. The number of morpholine rings is 1. The fourth-order valence-corrected chi connectivity index (χ4v) is 3.42. The maximum absolute atomic E-state index is 13.2. The minimum Gasteiger partial charge on any atom is -0.373 e. The maximum atomic E-state index is 13.2. The average Bonchev–Trinajstić information content (AvgIpc) is 2.61. The second-order valence-corrected chi connectivity index (χ2v) is 6.79. The van der Waals surface area contributed by atoms with Gasteiger partial charge in [0.1, 0.15) is 0 Å². The zero-order valence-corrected chi connectivity index (χ0v) is 15.2. The summed E-state index contributed by atoms with van der Waals surface area (Å²) in [6, 6.07) is 11.5. The van der Waals surface area contributed by atoms with E-state index >= 15 is 0 Å². The van der Waals surface area contributed by atoms with E-state index in [4.69, 9.17) is 16.3 Å². The molecule has 132 valence electrons. The number of carbonyl (C=O) groups is 1. The van der Waals surface area contributed by atoms with E-state index in [9.17, 15) is 4.79 Å². The van der Waals surface area contributed by atoms with E-state index in [-0.39, 0.29) is 18.1 Å². The minimum atomic E-state index is -0.158. The number of ether oxygens (including phenoxy) is 1. The third-order valence-corrected chi connectivity index (χ3v) is 4.60. The number of carbonyl (C=O) groups excluding carboxylic acids is 1. The molecule has 25 heavy (non-hydrogen) atoms. The van der Waals surface area contributed by atoms with Crippen LogP contribution in [0.1, 0.15) is 22.0 Å². The van der Waals surface area contributed by atoms with Crippen LogP contribution in [0.4, 0.5) is 0 Å². The first kappa shape index (κ1) is 17.9. The van der Waals surface area contributed by atoms with Crippen molar-refractivity contribution in [1.29, 1.82) is 0 Å². The number of benzene rings is 1. The van der Waals surface area contributed by atoms with E-state index in [1.807, 2.05) is 49.3 Å². The van der Waals surface area contributed by atoms with Crippen LogP contribution in [-0.4, -0.2) is 60.6 Å². The van der Waals surface area contributed by atoms with Crippen molar-refractivity contribution in [1.82, 2.24) is 14.8 Å². The number of nitrogens with zero attached hydrogens (tertiary/aromatic N) is 3. The third-order valence-electron chi connectivity index (χ3n) is 4.30. The van der Waals surface area contributed by atoms with Crippen LogP contribution in [0.25, 0.3) is 0 Å². The number of likely N-dealkylation sites (N-methyl/N-ethyl adjacent to an activating group) is 1. The molecule has 0 unspecified atom stereocenters. The molecule has 0 N–H and O–H groups in total. The number of halogens is 1. The summed E-state index contributed by atoms with van der Waals surface area (Å²) in [6.45, 7) is 1.77. The molecule has 2 aromatic rings. The van der Waals surface area contributed by atoms with Gasteiger partial charge in [-0.05, 0) is 25.7 Å². The van der Waals surface area contributed by atoms with Gasteiger partial charge in [-0.2, -0.15) is 0 Å². The van der Waals surface area contributed by atoms with Crippen molar-refractivity contribution in [2.24, 2.45) is 0 Å². The zero-order chi connectivity index (χ0) is 17.8. The topological polar surface area (TPSA) is 45.7 Å². The molecular weight excluding hydrogens is 338 g/mol. The van der Waals surface area contributed by atoms with E-state index < -0.39 is 0 Å². The van der Waals surface area contributed by atoms with Crippen LogP contribution in [0, 0.1) is 0 Å². The first-order valence-electron chi connectivity index (χ1n) is 8.29. The summed E-state index contributed by atoms with van der Waals surface area (Å²) < 4.78 is 6.02. The molecule has 2 atom stereocenters. The molecular formula is C19H22ClN3O2. The van der Waals surface area contributed by atoms with Crippen molar-refractivity contribution in [3.63, 3.8) is 0 Å². The number of pyridine rings is 1. The Bertz CT molecular complexity index is 724. The van der Waals surface area contributed by atoms with Crippen molar-refractivity contribution in [2.45, 2.75) is 12.1 Å². The lowest BCUT2D eigenvalue weighted by atomic mass is 9.96. The summed E-state index contributed by atoms with van der Waals surface area (Å²) in [5.74, 6) is -0.0895. The van der Waals surface area contributed by atoms with Crippen molar-refractivity contribution in [2.75, 3.05) is 33.8 Å². The Kier molecular flexibility index (Phi) is 5.68. The summed E-state index contributed by atoms with van der Waals surface area (Å²) in [4.78, 5) is 21.1. The smallest absolute Gasteiger partial charge is 0.256 e. The Morgan fingerprint density at radius 2 is 2.08 bits per heavy atom. The van der Waals surface area contributed by atoms with Gasteiger partial charge in [0.15, 0.2) is 0 Å². The largest absolute Gasteiger partial charge is 0.373 e. The van der Waals surface area contributed by atoms with E-state index in [1.165, 1.54) is 6.20 Å². The molecule has 0 radical (unpaired) electrons. The maximum Gasteiger partial charge on any atom is 0.256 e. The predicted octanol–water partition coefficient (Wildman–Crippen LogP) is 2.88. The van der Waals surface area contributed by atoms with Crippen LogP contribution in [0.3, 0.4) is 0 Å². The van der Waals surface area contributed by atoms with Gasteiger partial charge in [-0.1, -0.05) is 41.9 Å². The Morgan fingerprint density at radius 3 is 2.76 bits per heavy atom. The third kappa shape index (κ3) is 4.00. The molecule has 3 rings (SSSR count). The van der Waals surface area contributed by atoms with Gasteiger partial charge in [-0.15, -0.1) is 0 Å². The molecule has 1 aliphatic rings. The van der Waals surface area contributed by atoms with Gasteiger partial charge < -0.3 is 14.5 Å². The number of rotatable bonds is 4. The molecule has 0 bridgehead atoms. The summed E-state index contributed by atoms with van der Waals surface area (Å²) in [6.07, 6.45) is 2.99. The molecule has 5 nitrogen and oxygen atoms in total. The molecule has 1 aliphatic heterocycles. The number of hydrogen-bond donors (Lipinski definition) is 0. The minimum absolute atomic E-state index is 0.0895. The van der Waals surface area contributed by atoms with Gasteiger partial charge in [0.05, 0.1) is 29.3 Å². The van der Waals surface area contributed by atoms with Crippen LogP contribution < -0.4 is 0 Å². The first-order valence-corrected chi connectivity index (χ1v) is 8.67. The van der Waals surface area contributed by atoms with Crippen molar-refractivity contribution in [3.8, 4) is 0 Å². The molecule has 6 heteroatoms. The quantitative estimate of drug-likeness (QED) is 0.842. The Hall–Kier alpha value is -1.95. The zero-order valence-electron chi connectivity index (χ0n) is 14.4. The lowest BCUT2D eigenvalue weighted by Crippen LogP contribution is -2.51. The second-order valence-electron chi connectivity index (χ2n) is 6.38. The highest BCUT2D eigenvalue weighted by molar-refractivity contribution is 6.33. The summed E-state index contributed by atoms with van der Waals surface area (Å²) in [5.41, 5.74) is 1.54. The Morgan fingerprint density at radius 1 is 1.32 bits per heavy atom. The highest BCUT2D eigenvalue weighted by Gasteiger charge is 2.37. The summed E-state index contributed by atoms with van der Waals surface area (Å²) in [5, 5.41) is 0.370. The monoisotopic (exact) mass is 359 g/mol. The molecule has 1 aromatic heterocycles. The van der Waals surface area contributed by atoms with Crippen molar-refractivity contribution >= 4 is 17.5 Å². The second kappa shape index (κ2) is 7.95. The molecule has 1 amide bonds. The molecule has 0 spiro atoms. The van der Waals surface area contributed by atoms with Crippen LogP contribution in [0.5, 0.6) is 0 Å². The molecule has 1 aromatic carbocycles. The number of hydrogen-bond acceptors (Lipinski definition) is 4. The molecule has 1 fully saturated rings. The fraction of sp³-hybridized carbons (Fsp3) is 0.368. The molecule has 0 saturated carbocycles. The lowest BCUT2D eigenvalue weighted by Gasteiger charge is -2.42. The normalized spacial score (nSPS) is 20.7. The Labute approximate surface area is 153 Å². The first-order chi connectivity index (χ1) is 12.1. The number of aromatic nitrogens is 1. The van der Waals surface area contributed by atoms with E-state index in [1.54, 1.807) is 12.3 Å². The van der Waals surface area contributed by atoms with E-state index in [0.717, 1.165) is 12.1 Å². The standard InChI is InChI=1S/C19H22ClN3O2/c1-22(2)13-17-18(14-6-4-3-5-7-14)23(10-11-25-17)19(24)15-8-9-21-12-16(15)20/h3-9,12,17-18H,10-11,13H2,1-2H3/t17-,18-/m0/s1. The van der Waals surface area contributed by atoms with Crippen LogP contribution >= 0.6 is 11.6 Å². The summed E-state index contributed by atoms with van der Waals surface area (Å²) >= 11 is 6.20. The van der Waals surface area contributed by atoms with Crippen LogP contribution in [-0.2, 0) is 4.74 Å². The highest BCUT2D eigenvalue weighted by Crippen LogP contribution is 2.32. The van der Waals surface area contributed by atoms with Gasteiger partial charge in [-0.3, -0.25) is 9.78 Å². The fourth-order valence-electron chi connectivity index (χ4n) is 3.22. The van der Waals surface area contributed by atoms with Gasteiger partial charge in [0, 0.05) is 25.5 Å².